The van der Waals surface area contributed by atoms with Gasteiger partial charge in [-0.05, 0) is 41.6 Å². The minimum Gasteiger partial charge on any atom is -0.497 e. The van der Waals surface area contributed by atoms with Gasteiger partial charge in [-0.2, -0.15) is 0 Å². The average molecular weight is 382 g/mol. The SMILES string of the molecule is COc1ccc(-c2csc3c2NC(=O)C[C@H]3c2ccc(SC)cc2)cc1. The Morgan fingerprint density at radius 2 is 1.85 bits per heavy atom. The molecular formula is C21H19NO2S2. The Kier molecular flexibility index (Phi) is 4.74. The molecule has 0 bridgehead atoms. The second-order valence-corrected chi connectivity index (χ2v) is 7.99. The van der Waals surface area contributed by atoms with E-state index in [-0.39, 0.29) is 11.8 Å². The summed E-state index contributed by atoms with van der Waals surface area (Å²) >= 11 is 3.45. The molecule has 2 aromatic carbocycles. The van der Waals surface area contributed by atoms with Crippen molar-refractivity contribution in [3.8, 4) is 16.9 Å². The first kappa shape index (κ1) is 17.2. The average Bonchev–Trinajstić information content (AvgIpc) is 3.11. The minimum atomic E-state index is 0.0737. The van der Waals surface area contributed by atoms with Crippen molar-refractivity contribution in [2.75, 3.05) is 18.7 Å². The standard InChI is InChI=1S/C21H19NO2S2/c1-24-15-7-3-14(4-8-15)18-12-26-21-17(11-19(23)22-20(18)21)13-5-9-16(25-2)10-6-13/h3-10,12,17H,11H2,1-2H3,(H,22,23)/t17-/m0/s1. The molecule has 0 aliphatic carbocycles. The van der Waals surface area contributed by atoms with Crippen LogP contribution in [0.1, 0.15) is 22.8 Å². The Hall–Kier alpha value is -2.24. The van der Waals surface area contributed by atoms with Gasteiger partial charge in [-0.1, -0.05) is 24.3 Å². The van der Waals surface area contributed by atoms with Gasteiger partial charge in [0, 0.05) is 33.1 Å². The van der Waals surface area contributed by atoms with Gasteiger partial charge >= 0.3 is 0 Å². The number of anilines is 1. The number of hydrogen-bond donors (Lipinski definition) is 1. The van der Waals surface area contributed by atoms with Crippen molar-refractivity contribution >= 4 is 34.7 Å². The fourth-order valence-corrected chi connectivity index (χ4v) is 4.88. The maximum atomic E-state index is 12.4. The number of carbonyl (C=O) groups excluding carboxylic acids is 1. The van der Waals surface area contributed by atoms with E-state index in [1.165, 1.54) is 15.3 Å². The fourth-order valence-electron chi connectivity index (χ4n) is 3.32. The van der Waals surface area contributed by atoms with Crippen molar-refractivity contribution in [3.05, 3.63) is 64.4 Å². The molecule has 0 unspecified atom stereocenters. The summed E-state index contributed by atoms with van der Waals surface area (Å²) < 4.78 is 5.24. The normalized spacial score (nSPS) is 16.1. The van der Waals surface area contributed by atoms with Crippen LogP contribution in [0.4, 0.5) is 5.69 Å². The first-order valence-corrected chi connectivity index (χ1v) is 10.5. The summed E-state index contributed by atoms with van der Waals surface area (Å²) in [4.78, 5) is 14.8. The lowest BCUT2D eigenvalue weighted by Gasteiger charge is -2.24. The lowest BCUT2D eigenvalue weighted by molar-refractivity contribution is -0.116. The molecule has 1 atom stereocenters. The largest absolute Gasteiger partial charge is 0.497 e. The first-order valence-electron chi connectivity index (χ1n) is 8.39. The number of benzene rings is 2. The van der Waals surface area contributed by atoms with Gasteiger partial charge in [-0.15, -0.1) is 23.1 Å². The highest BCUT2D eigenvalue weighted by Gasteiger charge is 2.30. The predicted octanol–water partition coefficient (Wildman–Crippen LogP) is 5.62. The molecule has 1 aliphatic heterocycles. The molecular weight excluding hydrogens is 362 g/mol. The van der Waals surface area contributed by atoms with Crippen molar-refractivity contribution in [1.29, 1.82) is 0 Å². The van der Waals surface area contributed by atoms with Crippen LogP contribution >= 0.6 is 23.1 Å². The van der Waals surface area contributed by atoms with E-state index in [1.54, 1.807) is 30.2 Å². The molecule has 2 heterocycles. The second-order valence-electron chi connectivity index (χ2n) is 6.20. The van der Waals surface area contributed by atoms with E-state index in [0.29, 0.717) is 6.42 Å². The van der Waals surface area contributed by atoms with Gasteiger partial charge in [0.2, 0.25) is 5.91 Å². The Balaban J connectivity index is 1.74. The Morgan fingerprint density at radius 1 is 1.12 bits per heavy atom. The molecule has 1 amide bonds. The number of methoxy groups -OCH3 is 1. The fraction of sp³-hybridized carbons (Fsp3) is 0.190. The topological polar surface area (TPSA) is 38.3 Å². The number of rotatable bonds is 4. The summed E-state index contributed by atoms with van der Waals surface area (Å²) in [6.07, 6.45) is 2.57. The summed E-state index contributed by atoms with van der Waals surface area (Å²) in [7, 11) is 1.66. The van der Waals surface area contributed by atoms with Crippen molar-refractivity contribution in [3.63, 3.8) is 0 Å². The number of nitrogens with one attached hydrogen (secondary N) is 1. The number of carbonyl (C=O) groups is 1. The van der Waals surface area contributed by atoms with E-state index in [0.717, 1.165) is 22.6 Å². The van der Waals surface area contributed by atoms with Gasteiger partial charge in [-0.3, -0.25) is 4.79 Å². The third-order valence-corrected chi connectivity index (χ3v) is 6.55. The zero-order valence-electron chi connectivity index (χ0n) is 14.6. The summed E-state index contributed by atoms with van der Waals surface area (Å²) in [6, 6.07) is 16.5. The van der Waals surface area contributed by atoms with Crippen molar-refractivity contribution in [1.82, 2.24) is 0 Å². The highest BCUT2D eigenvalue weighted by atomic mass is 32.2. The van der Waals surface area contributed by atoms with Gasteiger partial charge in [0.1, 0.15) is 5.75 Å². The van der Waals surface area contributed by atoms with Crippen LogP contribution in [-0.2, 0) is 4.79 Å². The van der Waals surface area contributed by atoms with E-state index in [4.69, 9.17) is 4.74 Å². The number of hydrogen-bond acceptors (Lipinski definition) is 4. The summed E-state index contributed by atoms with van der Waals surface area (Å²) in [5, 5.41) is 5.23. The highest BCUT2D eigenvalue weighted by Crippen LogP contribution is 2.46. The van der Waals surface area contributed by atoms with Gasteiger partial charge in [0.05, 0.1) is 12.8 Å². The van der Waals surface area contributed by atoms with E-state index in [2.05, 4.69) is 41.2 Å². The lowest BCUT2D eigenvalue weighted by Crippen LogP contribution is -2.22. The van der Waals surface area contributed by atoms with Crippen LogP contribution < -0.4 is 10.1 Å². The van der Waals surface area contributed by atoms with E-state index in [1.807, 2.05) is 24.3 Å². The molecule has 1 N–H and O–H groups in total. The van der Waals surface area contributed by atoms with Crippen molar-refractivity contribution in [2.45, 2.75) is 17.2 Å². The number of ether oxygens (including phenoxy) is 1. The van der Waals surface area contributed by atoms with E-state index < -0.39 is 0 Å². The molecule has 0 spiro atoms. The molecule has 3 nitrogen and oxygen atoms in total. The second kappa shape index (κ2) is 7.17. The van der Waals surface area contributed by atoms with Crippen molar-refractivity contribution in [2.24, 2.45) is 0 Å². The summed E-state index contributed by atoms with van der Waals surface area (Å²) in [5.41, 5.74) is 4.31. The van der Waals surface area contributed by atoms with Crippen LogP contribution in [0.2, 0.25) is 0 Å². The smallest absolute Gasteiger partial charge is 0.225 e. The minimum absolute atomic E-state index is 0.0737. The lowest BCUT2D eigenvalue weighted by atomic mass is 9.89. The maximum Gasteiger partial charge on any atom is 0.225 e. The first-order chi connectivity index (χ1) is 12.7. The van der Waals surface area contributed by atoms with Crippen molar-refractivity contribution < 1.29 is 9.53 Å². The van der Waals surface area contributed by atoms with Crippen LogP contribution in [0.5, 0.6) is 5.75 Å². The Morgan fingerprint density at radius 3 is 2.50 bits per heavy atom. The third-order valence-electron chi connectivity index (χ3n) is 4.71. The monoisotopic (exact) mass is 381 g/mol. The molecule has 26 heavy (non-hydrogen) atoms. The molecule has 0 saturated heterocycles. The molecule has 3 aromatic rings. The predicted molar refractivity (Wildman–Crippen MR) is 110 cm³/mol. The molecule has 0 fully saturated rings. The Bertz CT molecular complexity index is 930. The van der Waals surface area contributed by atoms with Crippen LogP contribution in [0, 0.1) is 0 Å². The van der Waals surface area contributed by atoms with Gasteiger partial charge in [-0.25, -0.2) is 0 Å². The molecule has 1 aliphatic rings. The van der Waals surface area contributed by atoms with E-state index in [9.17, 15) is 4.79 Å². The number of fused-ring (bicyclic) bond motifs is 1. The van der Waals surface area contributed by atoms with Crippen LogP contribution in [0.25, 0.3) is 11.1 Å². The molecule has 4 rings (SSSR count). The Labute approximate surface area is 161 Å². The van der Waals surface area contributed by atoms with Gasteiger partial charge in [0.15, 0.2) is 0 Å². The molecule has 0 saturated carbocycles. The molecule has 0 radical (unpaired) electrons. The van der Waals surface area contributed by atoms with E-state index >= 15 is 0 Å². The number of thioether (sulfide) groups is 1. The molecule has 1 aromatic heterocycles. The summed E-state index contributed by atoms with van der Waals surface area (Å²) in [6.45, 7) is 0. The van der Waals surface area contributed by atoms with Crippen LogP contribution in [0.15, 0.2) is 58.8 Å². The number of thiophene rings is 1. The van der Waals surface area contributed by atoms with Crippen LogP contribution in [0.3, 0.4) is 0 Å². The maximum absolute atomic E-state index is 12.4. The van der Waals surface area contributed by atoms with Gasteiger partial charge < -0.3 is 10.1 Å². The quantitative estimate of drug-likeness (QED) is 0.596. The molecule has 5 heteroatoms. The van der Waals surface area contributed by atoms with Gasteiger partial charge in [0.25, 0.3) is 0 Å². The highest BCUT2D eigenvalue weighted by molar-refractivity contribution is 7.98. The molecule has 132 valence electrons. The summed E-state index contributed by atoms with van der Waals surface area (Å²) in [5.74, 6) is 1.02. The third kappa shape index (κ3) is 3.13. The van der Waals surface area contributed by atoms with Crippen LogP contribution in [-0.4, -0.2) is 19.3 Å². The zero-order valence-corrected chi connectivity index (χ0v) is 16.2. The zero-order chi connectivity index (χ0) is 18.1. The number of amides is 1.